The maximum absolute atomic E-state index is 12.0. The molecule has 0 saturated carbocycles. The zero-order valence-corrected chi connectivity index (χ0v) is 16.3. The van der Waals surface area contributed by atoms with E-state index in [1.807, 2.05) is 13.8 Å². The largest absolute Gasteiger partial charge is 0.466 e. The molecule has 1 heterocycles. The van der Waals surface area contributed by atoms with Gasteiger partial charge in [0.2, 0.25) is 0 Å². The highest BCUT2D eigenvalue weighted by Crippen LogP contribution is 2.18. The number of nitrogens with one attached hydrogen (secondary N) is 1. The highest BCUT2D eigenvalue weighted by molar-refractivity contribution is 7.90. The summed E-state index contributed by atoms with van der Waals surface area (Å²) in [5, 5.41) is 3.23. The molecule has 1 rings (SSSR count). The van der Waals surface area contributed by atoms with Gasteiger partial charge in [0.15, 0.2) is 5.96 Å². The van der Waals surface area contributed by atoms with Crippen LogP contribution in [0.25, 0.3) is 0 Å². The number of ether oxygens (including phenoxy) is 2. The molecule has 0 aromatic heterocycles. The Labute approximate surface area is 150 Å². The lowest BCUT2D eigenvalue weighted by molar-refractivity contribution is -0.149. The Kier molecular flexibility index (Phi) is 9.81. The Balaban J connectivity index is 2.49. The molecule has 0 aromatic rings. The Hall–Kier alpha value is -1.35. The van der Waals surface area contributed by atoms with Crippen molar-refractivity contribution in [1.82, 2.24) is 10.2 Å². The number of carbonyl (C=O) groups excluding carboxylic acids is 1. The molecule has 0 amide bonds. The predicted molar refractivity (Wildman–Crippen MR) is 97.4 cm³/mol. The van der Waals surface area contributed by atoms with Gasteiger partial charge in [0.25, 0.3) is 0 Å². The van der Waals surface area contributed by atoms with Crippen LogP contribution in [-0.4, -0.2) is 83.3 Å². The van der Waals surface area contributed by atoms with Crippen molar-refractivity contribution < 1.29 is 22.7 Å². The summed E-state index contributed by atoms with van der Waals surface area (Å²) in [6.07, 6.45) is 2.94. The summed E-state index contributed by atoms with van der Waals surface area (Å²) in [5.74, 6) is 0.503. The lowest BCUT2D eigenvalue weighted by Crippen LogP contribution is -2.48. The average molecular weight is 378 g/mol. The fraction of sp³-hybridized carbons (Fsp3) is 0.875. The minimum absolute atomic E-state index is 0.0180. The quantitative estimate of drug-likeness (QED) is 0.267. The Morgan fingerprint density at radius 2 is 2.08 bits per heavy atom. The topological polar surface area (TPSA) is 97.3 Å². The van der Waals surface area contributed by atoms with E-state index in [0.717, 1.165) is 31.9 Å². The number of aliphatic imine (C=N–C) groups is 1. The molecule has 9 heteroatoms. The number of likely N-dealkylation sites (tertiary alicyclic amines) is 1. The van der Waals surface area contributed by atoms with Crippen LogP contribution in [0.3, 0.4) is 0 Å². The van der Waals surface area contributed by atoms with Gasteiger partial charge in [0, 0.05) is 25.9 Å². The zero-order valence-electron chi connectivity index (χ0n) is 15.5. The molecule has 1 saturated heterocycles. The van der Waals surface area contributed by atoms with Gasteiger partial charge in [-0.1, -0.05) is 0 Å². The molecule has 146 valence electrons. The molecule has 0 radical (unpaired) electrons. The van der Waals surface area contributed by atoms with E-state index in [1.54, 1.807) is 0 Å². The molecule has 25 heavy (non-hydrogen) atoms. The van der Waals surface area contributed by atoms with Gasteiger partial charge in [-0.15, -0.1) is 0 Å². The summed E-state index contributed by atoms with van der Waals surface area (Å²) in [4.78, 5) is 18.5. The lowest BCUT2D eigenvalue weighted by atomic mass is 9.98. The highest BCUT2D eigenvalue weighted by atomic mass is 32.2. The number of nitrogens with zero attached hydrogens (tertiary/aromatic N) is 2. The second kappa shape index (κ2) is 11.3. The number of sulfone groups is 1. The van der Waals surface area contributed by atoms with Gasteiger partial charge in [-0.3, -0.25) is 9.79 Å². The molecule has 8 nitrogen and oxygen atoms in total. The fourth-order valence-electron chi connectivity index (χ4n) is 2.58. The molecule has 1 atom stereocenters. The summed E-state index contributed by atoms with van der Waals surface area (Å²) < 4.78 is 32.5. The molecule has 0 bridgehead atoms. The van der Waals surface area contributed by atoms with Crippen molar-refractivity contribution in [2.45, 2.75) is 26.7 Å². The number of piperidine rings is 1. The smallest absolute Gasteiger partial charge is 0.310 e. The van der Waals surface area contributed by atoms with Gasteiger partial charge in [-0.05, 0) is 26.7 Å². The second-order valence-electron chi connectivity index (χ2n) is 6.02. The van der Waals surface area contributed by atoms with Crippen molar-refractivity contribution in [2.75, 3.05) is 58.0 Å². The molecule has 1 aliphatic rings. The summed E-state index contributed by atoms with van der Waals surface area (Å²) in [6.45, 7) is 7.35. The molecule has 1 N–H and O–H groups in total. The van der Waals surface area contributed by atoms with E-state index in [4.69, 9.17) is 9.47 Å². The first kappa shape index (κ1) is 21.7. The van der Waals surface area contributed by atoms with Crippen molar-refractivity contribution in [3.8, 4) is 0 Å². The number of hydrogen-bond acceptors (Lipinski definition) is 6. The molecule has 0 aromatic carbocycles. The van der Waals surface area contributed by atoms with Gasteiger partial charge < -0.3 is 19.7 Å². The molecule has 1 fully saturated rings. The third kappa shape index (κ3) is 9.06. The van der Waals surface area contributed by atoms with Crippen LogP contribution in [0.4, 0.5) is 0 Å². The van der Waals surface area contributed by atoms with Crippen LogP contribution in [0.5, 0.6) is 0 Å². The van der Waals surface area contributed by atoms with E-state index >= 15 is 0 Å². The Morgan fingerprint density at radius 1 is 1.32 bits per heavy atom. The van der Waals surface area contributed by atoms with Crippen LogP contribution in [0.15, 0.2) is 4.99 Å². The van der Waals surface area contributed by atoms with Crippen molar-refractivity contribution in [2.24, 2.45) is 10.9 Å². The summed E-state index contributed by atoms with van der Waals surface area (Å²) in [5.41, 5.74) is 0. The Morgan fingerprint density at radius 3 is 2.72 bits per heavy atom. The molecular weight excluding hydrogens is 346 g/mol. The van der Waals surface area contributed by atoms with Crippen LogP contribution < -0.4 is 5.32 Å². The SMILES string of the molecule is CCNC(=NCCOCCS(C)(=O)=O)N1CCCC(C(=O)OCC)C1. The van der Waals surface area contributed by atoms with Gasteiger partial charge >= 0.3 is 5.97 Å². The summed E-state index contributed by atoms with van der Waals surface area (Å²) in [7, 11) is -3.00. The van der Waals surface area contributed by atoms with Crippen molar-refractivity contribution in [3.63, 3.8) is 0 Å². The molecule has 1 aliphatic heterocycles. The first-order valence-corrected chi connectivity index (χ1v) is 10.9. The third-order valence-corrected chi connectivity index (χ3v) is 4.68. The van der Waals surface area contributed by atoms with Crippen LogP contribution in [0, 0.1) is 5.92 Å². The predicted octanol–water partition coefficient (Wildman–Crippen LogP) is 0.288. The van der Waals surface area contributed by atoms with Gasteiger partial charge in [-0.25, -0.2) is 8.42 Å². The second-order valence-corrected chi connectivity index (χ2v) is 8.27. The van der Waals surface area contributed by atoms with Gasteiger partial charge in [0.1, 0.15) is 9.84 Å². The third-order valence-electron chi connectivity index (χ3n) is 3.77. The summed E-state index contributed by atoms with van der Waals surface area (Å²) >= 11 is 0. The monoisotopic (exact) mass is 377 g/mol. The van der Waals surface area contributed by atoms with Crippen molar-refractivity contribution in [1.29, 1.82) is 0 Å². The maximum atomic E-state index is 12.0. The van der Waals surface area contributed by atoms with E-state index in [0.29, 0.717) is 26.3 Å². The van der Waals surface area contributed by atoms with E-state index in [2.05, 4.69) is 15.2 Å². The number of rotatable bonds is 9. The standard InChI is InChI=1S/C16H31N3O5S/c1-4-17-16(18-8-10-23-11-12-25(3,21)22)19-9-6-7-14(13-19)15(20)24-5-2/h14H,4-13H2,1-3H3,(H,17,18). The number of hydrogen-bond donors (Lipinski definition) is 1. The van der Waals surface area contributed by atoms with E-state index in [9.17, 15) is 13.2 Å². The van der Waals surface area contributed by atoms with E-state index < -0.39 is 9.84 Å². The minimum atomic E-state index is -3.00. The van der Waals surface area contributed by atoms with Crippen LogP contribution in [0.2, 0.25) is 0 Å². The van der Waals surface area contributed by atoms with Crippen molar-refractivity contribution in [3.05, 3.63) is 0 Å². The maximum Gasteiger partial charge on any atom is 0.310 e. The molecule has 1 unspecified atom stereocenters. The number of esters is 1. The molecule has 0 spiro atoms. The van der Waals surface area contributed by atoms with Gasteiger partial charge in [0.05, 0.1) is 38.0 Å². The lowest BCUT2D eigenvalue weighted by Gasteiger charge is -2.34. The molecule has 0 aliphatic carbocycles. The van der Waals surface area contributed by atoms with E-state index in [1.165, 1.54) is 6.26 Å². The summed E-state index contributed by atoms with van der Waals surface area (Å²) in [6, 6.07) is 0. The van der Waals surface area contributed by atoms with Gasteiger partial charge in [-0.2, -0.15) is 0 Å². The normalized spacial score (nSPS) is 18.9. The highest BCUT2D eigenvalue weighted by Gasteiger charge is 2.28. The van der Waals surface area contributed by atoms with Crippen molar-refractivity contribution >= 4 is 21.8 Å². The number of carbonyl (C=O) groups is 1. The van der Waals surface area contributed by atoms with E-state index in [-0.39, 0.29) is 24.2 Å². The van der Waals surface area contributed by atoms with Crippen LogP contribution in [-0.2, 0) is 24.1 Å². The molecular formula is C16H31N3O5S. The zero-order chi connectivity index (χ0) is 18.7. The number of guanidine groups is 1. The fourth-order valence-corrected chi connectivity index (χ4v) is 3.00. The first-order chi connectivity index (χ1) is 11.9. The van der Waals surface area contributed by atoms with Crippen LogP contribution >= 0.6 is 0 Å². The average Bonchev–Trinajstić information content (AvgIpc) is 2.56. The first-order valence-electron chi connectivity index (χ1n) is 8.82. The van der Waals surface area contributed by atoms with Crippen LogP contribution in [0.1, 0.15) is 26.7 Å². The minimum Gasteiger partial charge on any atom is -0.466 e. The Bertz CT molecular complexity index is 536.